The molecule has 2 rings (SSSR count). The largest absolute Gasteiger partial charge is 0.364 e. The second kappa shape index (κ2) is 3.82. The number of rotatable bonds is 3. The average Bonchev–Trinajstić information content (AvgIpc) is 2.80. The third-order valence-electron chi connectivity index (χ3n) is 2.40. The van der Waals surface area contributed by atoms with Gasteiger partial charge in [-0.2, -0.15) is 0 Å². The van der Waals surface area contributed by atoms with Crippen LogP contribution in [0.5, 0.6) is 0 Å². The maximum atomic E-state index is 11.5. The molecule has 6 heteroatoms. The summed E-state index contributed by atoms with van der Waals surface area (Å²) in [6.07, 6.45) is 1.68. The molecule has 1 aromatic rings. The predicted molar refractivity (Wildman–Crippen MR) is 49.5 cm³/mol. The molecule has 0 bridgehead atoms. The van der Waals surface area contributed by atoms with Crippen LogP contribution >= 0.6 is 0 Å². The molecule has 0 spiro atoms. The fraction of sp³-hybridized carbons (Fsp3) is 0.444. The number of aromatic nitrogens is 1. The first kappa shape index (κ1) is 9.85. The highest BCUT2D eigenvalue weighted by atomic mass is 16.5. The number of likely N-dealkylation sites (N-methyl/N-ethyl adjacent to an activating group) is 1. The minimum atomic E-state index is -0.431. The van der Waals surface area contributed by atoms with Gasteiger partial charge < -0.3 is 4.52 Å². The first-order valence-electron chi connectivity index (χ1n) is 4.61. The number of amides is 2. The van der Waals surface area contributed by atoms with Crippen molar-refractivity contribution in [1.82, 2.24) is 15.4 Å². The Kier molecular flexibility index (Phi) is 2.51. The summed E-state index contributed by atoms with van der Waals surface area (Å²) in [6, 6.07) is 1.28. The van der Waals surface area contributed by atoms with Gasteiger partial charge >= 0.3 is 0 Å². The van der Waals surface area contributed by atoms with Crippen LogP contribution in [0.1, 0.15) is 12.1 Å². The van der Waals surface area contributed by atoms with Gasteiger partial charge in [0.15, 0.2) is 0 Å². The molecule has 2 amide bonds. The molecule has 1 unspecified atom stereocenters. The Morgan fingerprint density at radius 3 is 3.00 bits per heavy atom. The lowest BCUT2D eigenvalue weighted by Crippen LogP contribution is -2.36. The molecule has 1 N–H and O–H groups in total. The molecule has 1 saturated heterocycles. The van der Waals surface area contributed by atoms with Crippen LogP contribution in [0, 0.1) is 0 Å². The monoisotopic (exact) mass is 209 g/mol. The van der Waals surface area contributed by atoms with Crippen LogP contribution in [0.4, 0.5) is 0 Å². The molecular weight excluding hydrogens is 198 g/mol. The van der Waals surface area contributed by atoms with Crippen molar-refractivity contribution >= 4 is 11.8 Å². The minimum absolute atomic E-state index is 0.155. The van der Waals surface area contributed by atoms with E-state index >= 15 is 0 Å². The van der Waals surface area contributed by atoms with Gasteiger partial charge in [0, 0.05) is 19.7 Å². The summed E-state index contributed by atoms with van der Waals surface area (Å²) >= 11 is 0. The second-order valence-electron chi connectivity index (χ2n) is 3.42. The third kappa shape index (κ3) is 1.89. The molecule has 1 aliphatic rings. The predicted octanol–water partition coefficient (Wildman–Crippen LogP) is -0.479. The molecule has 0 radical (unpaired) electrons. The lowest BCUT2D eigenvalue weighted by atomic mass is 10.2. The SMILES string of the molecule is CN1C(=O)CC(NCc2ccon2)C1=O. The number of hydrogen-bond acceptors (Lipinski definition) is 5. The maximum absolute atomic E-state index is 11.5. The highest BCUT2D eigenvalue weighted by Crippen LogP contribution is 2.10. The number of nitrogens with zero attached hydrogens (tertiary/aromatic N) is 2. The van der Waals surface area contributed by atoms with E-state index in [0.717, 1.165) is 4.90 Å². The van der Waals surface area contributed by atoms with Gasteiger partial charge in [0.2, 0.25) is 11.8 Å². The Hall–Kier alpha value is -1.69. The van der Waals surface area contributed by atoms with E-state index in [4.69, 9.17) is 0 Å². The molecule has 1 aliphatic heterocycles. The van der Waals surface area contributed by atoms with Crippen LogP contribution in [-0.2, 0) is 16.1 Å². The molecule has 1 atom stereocenters. The van der Waals surface area contributed by atoms with Crippen molar-refractivity contribution in [3.05, 3.63) is 18.0 Å². The summed E-state index contributed by atoms with van der Waals surface area (Å²) in [4.78, 5) is 23.8. The number of carbonyl (C=O) groups is 2. The first-order valence-corrected chi connectivity index (χ1v) is 4.61. The van der Waals surface area contributed by atoms with Gasteiger partial charge in [-0.05, 0) is 0 Å². The zero-order valence-electron chi connectivity index (χ0n) is 8.27. The molecule has 15 heavy (non-hydrogen) atoms. The summed E-state index contributed by atoms with van der Waals surface area (Å²) in [6.45, 7) is 0.425. The maximum Gasteiger partial charge on any atom is 0.246 e. The van der Waals surface area contributed by atoms with E-state index in [-0.39, 0.29) is 18.2 Å². The summed E-state index contributed by atoms with van der Waals surface area (Å²) in [5.41, 5.74) is 0.713. The van der Waals surface area contributed by atoms with Crippen molar-refractivity contribution in [3.63, 3.8) is 0 Å². The smallest absolute Gasteiger partial charge is 0.246 e. The molecular formula is C9H11N3O3. The number of imide groups is 1. The normalized spacial score (nSPS) is 21.4. The van der Waals surface area contributed by atoms with Gasteiger partial charge in [-0.1, -0.05) is 5.16 Å². The molecule has 1 fully saturated rings. The number of hydrogen-bond donors (Lipinski definition) is 1. The van der Waals surface area contributed by atoms with Gasteiger partial charge in [0.05, 0.1) is 18.2 Å². The van der Waals surface area contributed by atoms with Crippen molar-refractivity contribution in [2.24, 2.45) is 0 Å². The minimum Gasteiger partial charge on any atom is -0.364 e. The molecule has 0 aliphatic carbocycles. The topological polar surface area (TPSA) is 75.4 Å². The van der Waals surface area contributed by atoms with Gasteiger partial charge in [-0.25, -0.2) is 0 Å². The van der Waals surface area contributed by atoms with Gasteiger partial charge in [-0.15, -0.1) is 0 Å². The van der Waals surface area contributed by atoms with E-state index in [2.05, 4.69) is 15.0 Å². The van der Waals surface area contributed by atoms with Gasteiger partial charge in [-0.3, -0.25) is 19.8 Å². The first-order chi connectivity index (χ1) is 7.18. The van der Waals surface area contributed by atoms with E-state index in [1.54, 1.807) is 6.07 Å². The van der Waals surface area contributed by atoms with Crippen molar-refractivity contribution in [3.8, 4) is 0 Å². The van der Waals surface area contributed by atoms with Crippen LogP contribution in [0.15, 0.2) is 16.9 Å². The Labute approximate surface area is 86.2 Å². The van der Waals surface area contributed by atoms with Crippen LogP contribution in [-0.4, -0.2) is 35.0 Å². The van der Waals surface area contributed by atoms with Crippen LogP contribution in [0.25, 0.3) is 0 Å². The highest BCUT2D eigenvalue weighted by Gasteiger charge is 2.35. The Balaban J connectivity index is 1.91. The molecule has 80 valence electrons. The van der Waals surface area contributed by atoms with Crippen LogP contribution in [0.3, 0.4) is 0 Å². The number of nitrogens with one attached hydrogen (secondary N) is 1. The molecule has 2 heterocycles. The summed E-state index contributed by atoms with van der Waals surface area (Å²) in [5, 5.41) is 6.65. The Morgan fingerprint density at radius 1 is 1.67 bits per heavy atom. The lowest BCUT2D eigenvalue weighted by Gasteiger charge is -2.09. The van der Waals surface area contributed by atoms with Crippen LogP contribution in [0.2, 0.25) is 0 Å². The zero-order chi connectivity index (χ0) is 10.8. The van der Waals surface area contributed by atoms with E-state index < -0.39 is 6.04 Å². The fourth-order valence-corrected chi connectivity index (χ4v) is 1.47. The van der Waals surface area contributed by atoms with Crippen molar-refractivity contribution < 1.29 is 14.1 Å². The van der Waals surface area contributed by atoms with E-state index in [1.807, 2.05) is 0 Å². The highest BCUT2D eigenvalue weighted by molar-refractivity contribution is 6.05. The molecule has 0 aromatic carbocycles. The number of likely N-dealkylation sites (tertiary alicyclic amines) is 1. The number of carbonyl (C=O) groups excluding carboxylic acids is 2. The Bertz CT molecular complexity index is 374. The van der Waals surface area contributed by atoms with E-state index in [1.165, 1.54) is 13.3 Å². The van der Waals surface area contributed by atoms with Crippen molar-refractivity contribution in [2.75, 3.05) is 7.05 Å². The molecule has 1 aromatic heterocycles. The standard InChI is InChI=1S/C9H11N3O3/c1-12-8(13)4-7(9(12)14)10-5-6-2-3-15-11-6/h2-3,7,10H,4-5H2,1H3. The van der Waals surface area contributed by atoms with Crippen LogP contribution < -0.4 is 5.32 Å². The summed E-state index contributed by atoms with van der Waals surface area (Å²) < 4.78 is 4.65. The van der Waals surface area contributed by atoms with Gasteiger partial charge in [0.25, 0.3) is 0 Å². The second-order valence-corrected chi connectivity index (χ2v) is 3.42. The average molecular weight is 209 g/mol. The quantitative estimate of drug-likeness (QED) is 0.680. The zero-order valence-corrected chi connectivity index (χ0v) is 8.27. The summed E-state index contributed by atoms with van der Waals surface area (Å²) in [7, 11) is 1.49. The molecule has 6 nitrogen and oxygen atoms in total. The molecule has 0 saturated carbocycles. The van der Waals surface area contributed by atoms with E-state index in [0.29, 0.717) is 12.2 Å². The Morgan fingerprint density at radius 2 is 2.47 bits per heavy atom. The van der Waals surface area contributed by atoms with E-state index in [9.17, 15) is 9.59 Å². The van der Waals surface area contributed by atoms with Crippen molar-refractivity contribution in [1.29, 1.82) is 0 Å². The van der Waals surface area contributed by atoms with Gasteiger partial charge in [0.1, 0.15) is 6.26 Å². The lowest BCUT2D eigenvalue weighted by molar-refractivity contribution is -0.137. The fourth-order valence-electron chi connectivity index (χ4n) is 1.47. The van der Waals surface area contributed by atoms with Crippen molar-refractivity contribution in [2.45, 2.75) is 19.0 Å². The summed E-state index contributed by atoms with van der Waals surface area (Å²) in [5.74, 6) is -0.346. The third-order valence-corrected chi connectivity index (χ3v) is 2.40.